The molecular formula is C97H189N9O3S2. The normalized spacial score (nSPS) is 10.5. The largest absolute Gasteiger partial charge is 0.365 e. The molecule has 3 aromatic heterocycles. The van der Waals surface area contributed by atoms with Crippen molar-refractivity contribution in [2.24, 2.45) is 0 Å². The van der Waals surface area contributed by atoms with Gasteiger partial charge in [0.25, 0.3) is 0 Å². The molecule has 0 unspecified atom stereocenters. The zero-order chi connectivity index (χ0) is 89.2. The summed E-state index contributed by atoms with van der Waals surface area (Å²) >= 11 is 4.07. The lowest BCUT2D eigenvalue weighted by Gasteiger charge is -1.92. The van der Waals surface area contributed by atoms with E-state index in [-0.39, 0.29) is 0 Å². The van der Waals surface area contributed by atoms with Gasteiger partial charge in [0.05, 0.1) is 61.7 Å². The number of ether oxygens (including phenoxy) is 3. The summed E-state index contributed by atoms with van der Waals surface area (Å²) in [5.74, 6) is 2.76. The van der Waals surface area contributed by atoms with Crippen molar-refractivity contribution < 1.29 is 14.2 Å². The molecule has 7 heterocycles. The molecule has 3 N–H and O–H groups in total. The Morgan fingerprint density at radius 2 is 0.550 bits per heavy atom. The molecule has 5 fully saturated rings. The van der Waals surface area contributed by atoms with Gasteiger partial charge in [-0.3, -0.25) is 15.3 Å². The summed E-state index contributed by atoms with van der Waals surface area (Å²) in [6, 6.07) is 54.4. The molecule has 1 saturated carbocycles. The highest BCUT2D eigenvalue weighted by Gasteiger charge is 1.97. The van der Waals surface area contributed by atoms with E-state index in [4.69, 9.17) is 14.2 Å². The van der Waals surface area contributed by atoms with E-state index < -0.39 is 0 Å². The van der Waals surface area contributed by atoms with Crippen molar-refractivity contribution in [3.63, 3.8) is 0 Å². The van der Waals surface area contributed by atoms with E-state index in [0.29, 0.717) is 6.79 Å². The van der Waals surface area contributed by atoms with Crippen LogP contribution in [-0.4, -0.2) is 107 Å². The maximum Gasteiger partial charge on any atom is 0.146 e. The number of aromatic nitrogens is 6. The predicted molar refractivity (Wildman–Crippen MR) is 525 cm³/mol. The highest BCUT2D eigenvalue weighted by Crippen LogP contribution is 2.20. The third-order valence-corrected chi connectivity index (χ3v) is 12.8. The lowest BCUT2D eigenvalue weighted by Crippen LogP contribution is -2.11. The number of hydrogen-bond acceptors (Lipinski definition) is 14. The quantitative estimate of drug-likeness (QED) is 0.133. The number of benzene rings is 6. The minimum absolute atomic E-state index is 0.500. The van der Waals surface area contributed by atoms with E-state index in [1.165, 1.54) is 59.5 Å². The summed E-state index contributed by atoms with van der Waals surface area (Å²) in [6.07, 6.45) is 16.1. The minimum Gasteiger partial charge on any atom is -0.365 e. The Kier molecular flexibility index (Phi) is 217. The fourth-order valence-electron chi connectivity index (χ4n) is 6.57. The monoisotopic (exact) mass is 1590 g/mol. The lowest BCUT2D eigenvalue weighted by molar-refractivity contribution is 0.0692. The van der Waals surface area contributed by atoms with Gasteiger partial charge in [0.2, 0.25) is 0 Å². The number of thioether (sulfide) groups is 2. The maximum absolute atomic E-state index is 4.83. The van der Waals surface area contributed by atoms with E-state index in [2.05, 4.69) is 94.8 Å². The molecule has 0 bridgehead atoms. The smallest absolute Gasteiger partial charge is 0.146 e. The second kappa shape index (κ2) is 168. The summed E-state index contributed by atoms with van der Waals surface area (Å²) in [5.41, 5.74) is 2.85. The zero-order valence-electron chi connectivity index (χ0n) is 80.7. The molecule has 12 nitrogen and oxygen atoms in total. The molecule has 0 atom stereocenters. The molecule has 111 heavy (non-hydrogen) atoms. The van der Waals surface area contributed by atoms with E-state index in [1.54, 1.807) is 31.0 Å². The molecule has 6 aromatic carbocycles. The fourth-order valence-corrected chi connectivity index (χ4v) is 8.93. The summed E-state index contributed by atoms with van der Waals surface area (Å²) in [6.45, 7) is 88.0. The highest BCUT2D eigenvalue weighted by molar-refractivity contribution is 8.19. The van der Waals surface area contributed by atoms with Crippen LogP contribution in [-0.2, 0) is 14.2 Å². The molecule has 4 saturated heterocycles. The molecule has 0 radical (unpaired) electrons. The summed E-state index contributed by atoms with van der Waals surface area (Å²) in [4.78, 5) is 8.24. The van der Waals surface area contributed by atoms with Crippen molar-refractivity contribution in [3.05, 3.63) is 195 Å². The predicted octanol–water partition coefficient (Wildman–Crippen LogP) is 32.0. The van der Waals surface area contributed by atoms with Crippen LogP contribution in [0, 0.1) is 0 Å². The Hall–Kier alpha value is -5.94. The van der Waals surface area contributed by atoms with Crippen molar-refractivity contribution in [2.45, 2.75) is 309 Å². The Labute approximate surface area is 703 Å². The number of rotatable bonds is 0. The second-order valence-electron chi connectivity index (χ2n) is 15.6. The standard InChI is InChI=1S/C10H8.3C8H6N2.C6H6.C5H10.C3H8N2.C3H7NO.C3H6O2.C3H6S2.20C2H6/c1-2-6-10-8-4-3-7-9(10)5-1;1-2-4-8-6-10-9-5-7(8)3-1;1-2-4-8-7(3-1)9-5-6-10-8;1-2-4-8-7(3-1)5-6-9-10-8;1-2-4-6-5-3-1;1-2-4-5-3-1;4*1-2-5-3-4-1;20*1-2/h1-8H;3*1-6H;1-6H;1-5H2;4-5H,1-3H2;4H,1-3H2;2*1-3H2;20*1-2H3. The number of para-hydroxylation sites is 2. The van der Waals surface area contributed by atoms with Crippen molar-refractivity contribution in [1.29, 1.82) is 0 Å². The first kappa shape index (κ1) is 143. The second-order valence-corrected chi connectivity index (χ2v) is 18.2. The van der Waals surface area contributed by atoms with Crippen LogP contribution in [0.5, 0.6) is 0 Å². The maximum atomic E-state index is 4.83. The van der Waals surface area contributed by atoms with Gasteiger partial charge in [0.1, 0.15) is 6.79 Å². The lowest BCUT2D eigenvalue weighted by atomic mass is 10.1. The van der Waals surface area contributed by atoms with Crippen molar-refractivity contribution >= 4 is 67.0 Å². The van der Waals surface area contributed by atoms with Gasteiger partial charge < -0.3 is 24.8 Å². The van der Waals surface area contributed by atoms with Gasteiger partial charge >= 0.3 is 0 Å². The number of nitrogens with one attached hydrogen (secondary N) is 3. The molecule has 14 rings (SSSR count). The van der Waals surface area contributed by atoms with E-state index in [0.717, 1.165) is 85.6 Å². The van der Waals surface area contributed by atoms with Crippen molar-refractivity contribution in [3.8, 4) is 0 Å². The number of nitrogens with zero attached hydrogens (tertiary/aromatic N) is 6. The Bertz CT molecular complexity index is 1990. The molecule has 0 amide bonds. The average molecular weight is 1590 g/mol. The topological polar surface area (TPSA) is 141 Å². The van der Waals surface area contributed by atoms with E-state index >= 15 is 0 Å². The summed E-state index contributed by atoms with van der Waals surface area (Å²) < 4.78 is 14.3. The summed E-state index contributed by atoms with van der Waals surface area (Å²) in [7, 11) is 0. The molecular weight excluding hydrogens is 1400 g/mol. The molecule has 14 heteroatoms. The Morgan fingerprint density at radius 3 is 0.775 bits per heavy atom. The number of fused-ring (bicyclic) bond motifs is 4. The average Bonchev–Trinajstić information content (AvgIpc) is 1.63. The van der Waals surface area contributed by atoms with Crippen molar-refractivity contribution in [1.82, 2.24) is 46.3 Å². The van der Waals surface area contributed by atoms with Crippen LogP contribution in [0.3, 0.4) is 0 Å². The third kappa shape index (κ3) is 115. The zero-order valence-corrected chi connectivity index (χ0v) is 82.4. The minimum atomic E-state index is 0.500. The fraction of sp³-hybridized carbons (Fsp3) is 0.588. The van der Waals surface area contributed by atoms with E-state index in [1.807, 2.05) is 416 Å². The van der Waals surface area contributed by atoms with Crippen LogP contribution in [0.1, 0.15) is 309 Å². The van der Waals surface area contributed by atoms with Crippen LogP contribution in [0.25, 0.3) is 43.5 Å². The summed E-state index contributed by atoms with van der Waals surface area (Å²) in [5, 5.41) is 31.8. The van der Waals surface area contributed by atoms with Gasteiger partial charge in [-0.25, -0.2) is 0 Å². The van der Waals surface area contributed by atoms with Gasteiger partial charge in [-0.2, -0.15) is 43.9 Å². The first-order valence-electron chi connectivity index (χ1n) is 44.3. The third-order valence-electron chi connectivity index (χ3n) is 10.3. The molecule has 9 aromatic rings. The molecule has 1 aliphatic carbocycles. The molecule has 652 valence electrons. The highest BCUT2D eigenvalue weighted by atomic mass is 32.2. The van der Waals surface area contributed by atoms with Gasteiger partial charge in [-0.15, -0.1) is 0 Å². The first-order valence-corrected chi connectivity index (χ1v) is 46.6. The van der Waals surface area contributed by atoms with Gasteiger partial charge in [-0.05, 0) is 35.0 Å². The Morgan fingerprint density at radius 1 is 0.261 bits per heavy atom. The van der Waals surface area contributed by atoms with Gasteiger partial charge in [0, 0.05) is 71.4 Å². The SMILES string of the molecule is C1CCCC1.C1CNCN1.C1COCN1.C1COCO1.C1CSCS1.CC.CC.CC.CC.CC.CC.CC.CC.CC.CC.CC.CC.CC.CC.CC.CC.CC.CC.CC.CC.c1ccc2ccccc2c1.c1ccc2cnncc2c1.c1ccc2nccnc2c1.c1ccc2nnccc2c1.c1ccccc1. The first-order chi connectivity index (χ1) is 55.4. The molecule has 0 spiro atoms. The molecule has 4 aliphatic heterocycles. The van der Waals surface area contributed by atoms with Crippen LogP contribution >= 0.6 is 23.5 Å². The van der Waals surface area contributed by atoms with Crippen LogP contribution in [0.15, 0.2) is 195 Å². The van der Waals surface area contributed by atoms with Crippen LogP contribution in [0.4, 0.5) is 0 Å². The van der Waals surface area contributed by atoms with Crippen LogP contribution in [0.2, 0.25) is 0 Å². The Balaban J connectivity index is -0.0000000619. The van der Waals surface area contributed by atoms with Gasteiger partial charge in [-0.1, -0.05) is 449 Å². The molecule has 5 aliphatic rings. The van der Waals surface area contributed by atoms with Crippen molar-refractivity contribution in [2.75, 3.05) is 76.2 Å². The number of hydrogen-bond donors (Lipinski definition) is 3. The van der Waals surface area contributed by atoms with Crippen LogP contribution < -0.4 is 16.0 Å². The van der Waals surface area contributed by atoms with Gasteiger partial charge in [0.15, 0.2) is 0 Å². The van der Waals surface area contributed by atoms with E-state index in [9.17, 15) is 0 Å².